The number of carbonyl (C=O) groups excluding carboxylic acids is 1. The lowest BCUT2D eigenvalue weighted by atomic mass is 10.1. The average molecular weight is 198 g/mol. The van der Waals surface area contributed by atoms with Crippen LogP contribution in [0, 0.1) is 0 Å². The van der Waals surface area contributed by atoms with Crippen LogP contribution in [0.1, 0.15) is 33.6 Å². The fourth-order valence-corrected chi connectivity index (χ4v) is 1.49. The van der Waals surface area contributed by atoms with Crippen molar-refractivity contribution in [1.82, 2.24) is 0 Å². The van der Waals surface area contributed by atoms with E-state index in [2.05, 4.69) is 0 Å². The van der Waals surface area contributed by atoms with Crippen molar-refractivity contribution in [1.29, 1.82) is 0 Å². The Bertz CT molecular complexity index is 223. The summed E-state index contributed by atoms with van der Waals surface area (Å²) >= 11 is 0. The van der Waals surface area contributed by atoms with E-state index in [1.807, 2.05) is 32.9 Å². The van der Waals surface area contributed by atoms with E-state index < -0.39 is 6.10 Å². The molecule has 0 radical (unpaired) electrons. The molecular weight excluding hydrogens is 180 g/mol. The maximum Gasteiger partial charge on any atom is 0.164 e. The van der Waals surface area contributed by atoms with Gasteiger partial charge in [-0.3, -0.25) is 4.79 Å². The van der Waals surface area contributed by atoms with Crippen LogP contribution >= 0.6 is 0 Å². The van der Waals surface area contributed by atoms with Gasteiger partial charge in [0.25, 0.3) is 0 Å². The quantitative estimate of drug-likeness (QED) is 0.649. The number of ether oxygens (including phenoxy) is 2. The summed E-state index contributed by atoms with van der Waals surface area (Å²) in [4.78, 5) is 11.5. The van der Waals surface area contributed by atoms with Gasteiger partial charge in [-0.05, 0) is 13.3 Å². The van der Waals surface area contributed by atoms with Crippen LogP contribution < -0.4 is 0 Å². The van der Waals surface area contributed by atoms with Gasteiger partial charge in [0.2, 0.25) is 0 Å². The summed E-state index contributed by atoms with van der Waals surface area (Å²) in [5.41, 5.74) is 0. The van der Waals surface area contributed by atoms with Crippen LogP contribution in [0.2, 0.25) is 0 Å². The second-order valence-corrected chi connectivity index (χ2v) is 3.38. The van der Waals surface area contributed by atoms with Crippen molar-refractivity contribution in [3.05, 3.63) is 12.2 Å². The molecule has 80 valence electrons. The lowest BCUT2D eigenvalue weighted by molar-refractivity contribution is -0.130. The van der Waals surface area contributed by atoms with Gasteiger partial charge in [-0.15, -0.1) is 0 Å². The molecule has 0 bridgehead atoms. The third-order valence-electron chi connectivity index (χ3n) is 2.21. The van der Waals surface area contributed by atoms with Crippen LogP contribution in [0.4, 0.5) is 0 Å². The molecule has 1 aliphatic heterocycles. The first kappa shape index (κ1) is 11.4. The maximum atomic E-state index is 11.5. The van der Waals surface area contributed by atoms with Gasteiger partial charge in [0, 0.05) is 6.42 Å². The van der Waals surface area contributed by atoms with Crippen molar-refractivity contribution >= 4 is 5.78 Å². The lowest BCUT2D eigenvalue weighted by Gasteiger charge is -2.10. The van der Waals surface area contributed by atoms with Crippen molar-refractivity contribution in [3.63, 3.8) is 0 Å². The summed E-state index contributed by atoms with van der Waals surface area (Å²) in [5.74, 6) is 0.111. The summed E-state index contributed by atoms with van der Waals surface area (Å²) in [6.07, 6.45) is 4.49. The van der Waals surface area contributed by atoms with Crippen molar-refractivity contribution in [2.24, 2.45) is 0 Å². The molecule has 0 spiro atoms. The molecular formula is C11H18O3. The Morgan fingerprint density at radius 3 is 2.64 bits per heavy atom. The molecule has 0 amide bonds. The van der Waals surface area contributed by atoms with Gasteiger partial charge in [-0.2, -0.15) is 0 Å². The molecule has 1 fully saturated rings. The molecule has 0 saturated carbocycles. The third kappa shape index (κ3) is 2.66. The first-order chi connectivity index (χ1) is 6.69. The van der Waals surface area contributed by atoms with Gasteiger partial charge in [-0.25, -0.2) is 0 Å². The lowest BCUT2D eigenvalue weighted by Crippen LogP contribution is -2.29. The summed E-state index contributed by atoms with van der Waals surface area (Å²) < 4.78 is 10.9. The van der Waals surface area contributed by atoms with Crippen LogP contribution in [-0.4, -0.2) is 24.3 Å². The zero-order valence-corrected chi connectivity index (χ0v) is 9.03. The van der Waals surface area contributed by atoms with Crippen LogP contribution in [0.25, 0.3) is 0 Å². The largest absolute Gasteiger partial charge is 0.342 e. The minimum absolute atomic E-state index is 0.111. The Morgan fingerprint density at radius 1 is 1.36 bits per heavy atom. The predicted molar refractivity (Wildman–Crippen MR) is 53.9 cm³/mol. The van der Waals surface area contributed by atoms with E-state index in [1.54, 1.807) is 0 Å². The van der Waals surface area contributed by atoms with Gasteiger partial charge in [0.1, 0.15) is 12.2 Å². The standard InChI is InChI=1S/C11H18O3/c1-4-6-7-10-11(9(12)5-2)14-8(3)13-10/h6-8,10-11H,4-5H2,1-3H3/b7-6-/t8?,10-,11+/m0/s1. The molecule has 0 N–H and O–H groups in total. The number of ketones is 1. The fraction of sp³-hybridized carbons (Fsp3) is 0.727. The van der Waals surface area contributed by atoms with Crippen molar-refractivity contribution in [2.75, 3.05) is 0 Å². The van der Waals surface area contributed by atoms with Crippen molar-refractivity contribution in [2.45, 2.75) is 52.1 Å². The molecule has 1 unspecified atom stereocenters. The van der Waals surface area contributed by atoms with Gasteiger partial charge >= 0.3 is 0 Å². The predicted octanol–water partition coefficient (Wildman–Crippen LogP) is 2.06. The van der Waals surface area contributed by atoms with Crippen molar-refractivity contribution in [3.8, 4) is 0 Å². The number of Topliss-reactive ketones (excluding diaryl/α,β-unsaturated/α-hetero) is 1. The normalized spacial score (nSPS) is 32.6. The number of allylic oxidation sites excluding steroid dienone is 1. The molecule has 1 saturated heterocycles. The van der Waals surface area contributed by atoms with Gasteiger partial charge in [0.15, 0.2) is 12.1 Å². The molecule has 0 aromatic rings. The molecule has 0 aromatic carbocycles. The molecule has 0 aliphatic carbocycles. The van der Waals surface area contributed by atoms with E-state index >= 15 is 0 Å². The molecule has 3 heteroatoms. The monoisotopic (exact) mass is 198 g/mol. The number of carbonyl (C=O) groups is 1. The smallest absolute Gasteiger partial charge is 0.164 e. The second-order valence-electron chi connectivity index (χ2n) is 3.38. The maximum absolute atomic E-state index is 11.5. The van der Waals surface area contributed by atoms with Crippen LogP contribution in [0.15, 0.2) is 12.2 Å². The summed E-state index contributed by atoms with van der Waals surface area (Å²) in [5, 5.41) is 0. The highest BCUT2D eigenvalue weighted by Gasteiger charge is 2.36. The molecule has 3 atom stereocenters. The van der Waals surface area contributed by atoms with Crippen LogP contribution in [-0.2, 0) is 14.3 Å². The fourth-order valence-electron chi connectivity index (χ4n) is 1.49. The van der Waals surface area contributed by atoms with E-state index in [0.717, 1.165) is 6.42 Å². The van der Waals surface area contributed by atoms with Crippen molar-refractivity contribution < 1.29 is 14.3 Å². The van der Waals surface area contributed by atoms with E-state index in [1.165, 1.54) is 0 Å². The summed E-state index contributed by atoms with van der Waals surface area (Å²) in [6, 6.07) is 0. The average Bonchev–Trinajstić information content (AvgIpc) is 2.55. The minimum atomic E-state index is -0.405. The third-order valence-corrected chi connectivity index (χ3v) is 2.21. The number of rotatable bonds is 4. The number of hydrogen-bond donors (Lipinski definition) is 0. The van der Waals surface area contributed by atoms with Gasteiger partial charge in [-0.1, -0.05) is 26.0 Å². The molecule has 1 rings (SSSR count). The SMILES string of the molecule is CC/C=C\[C@@H]1OC(C)O[C@@H]1C(=O)CC. The second kappa shape index (κ2) is 5.27. The Hall–Kier alpha value is -0.670. The summed E-state index contributed by atoms with van der Waals surface area (Å²) in [7, 11) is 0. The first-order valence-corrected chi connectivity index (χ1v) is 5.19. The highest BCUT2D eigenvalue weighted by Crippen LogP contribution is 2.21. The Balaban J connectivity index is 2.62. The van der Waals surface area contributed by atoms with E-state index in [0.29, 0.717) is 6.42 Å². The van der Waals surface area contributed by atoms with E-state index in [4.69, 9.17) is 9.47 Å². The first-order valence-electron chi connectivity index (χ1n) is 5.19. The highest BCUT2D eigenvalue weighted by atomic mass is 16.7. The van der Waals surface area contributed by atoms with Gasteiger partial charge in [0.05, 0.1) is 0 Å². The minimum Gasteiger partial charge on any atom is -0.342 e. The van der Waals surface area contributed by atoms with E-state index in [9.17, 15) is 4.79 Å². The molecule has 1 heterocycles. The molecule has 14 heavy (non-hydrogen) atoms. The van der Waals surface area contributed by atoms with Gasteiger partial charge < -0.3 is 9.47 Å². The Kier molecular flexibility index (Phi) is 4.29. The zero-order chi connectivity index (χ0) is 10.6. The Morgan fingerprint density at radius 2 is 2.07 bits per heavy atom. The van der Waals surface area contributed by atoms with Crippen LogP contribution in [0.3, 0.4) is 0 Å². The van der Waals surface area contributed by atoms with E-state index in [-0.39, 0.29) is 18.2 Å². The number of hydrogen-bond acceptors (Lipinski definition) is 3. The molecule has 1 aliphatic rings. The highest BCUT2D eigenvalue weighted by molar-refractivity contribution is 5.83. The zero-order valence-electron chi connectivity index (χ0n) is 9.03. The Labute approximate surface area is 85.1 Å². The molecule has 0 aromatic heterocycles. The summed E-state index contributed by atoms with van der Waals surface area (Å²) in [6.45, 7) is 5.71. The molecule has 3 nitrogen and oxygen atoms in total. The van der Waals surface area contributed by atoms with Crippen LogP contribution in [0.5, 0.6) is 0 Å². The topological polar surface area (TPSA) is 35.5 Å².